The molecule has 0 fully saturated rings. The van der Waals surface area contributed by atoms with Gasteiger partial charge in [-0.15, -0.1) is 0 Å². The molecule has 2 N–H and O–H groups in total. The van der Waals surface area contributed by atoms with Crippen LogP contribution in [0.15, 0.2) is 12.1 Å². The number of alkyl halides is 3. The number of halogens is 3. The number of aliphatic hydroxyl groups excluding tert-OH is 1. The molecule has 0 aromatic heterocycles. The molecule has 0 heterocycles. The van der Waals surface area contributed by atoms with Crippen LogP contribution < -0.4 is 5.32 Å². The molecule has 1 aromatic rings. The molecule has 1 unspecified atom stereocenters. The molecule has 116 valence electrons. The maximum Gasteiger partial charge on any atom is 0.418 e. The Balaban J connectivity index is 3.54. The Morgan fingerprint density at radius 1 is 1.29 bits per heavy atom. The van der Waals surface area contributed by atoms with Gasteiger partial charge in [-0.05, 0) is 6.92 Å². The Bertz CT molecular complexity index is 574. The Labute approximate surface area is 115 Å². The molecule has 1 rings (SSSR count). The van der Waals surface area contributed by atoms with E-state index < -0.39 is 44.8 Å². The Hall–Kier alpha value is -2.43. The highest BCUT2D eigenvalue weighted by Gasteiger charge is 2.39. The number of nitrogens with one attached hydrogen (secondary N) is 1. The lowest BCUT2D eigenvalue weighted by Gasteiger charge is -2.15. The molecule has 21 heavy (non-hydrogen) atoms. The zero-order valence-corrected chi connectivity index (χ0v) is 10.5. The minimum atomic E-state index is -5.03. The van der Waals surface area contributed by atoms with Gasteiger partial charge in [-0.25, -0.2) is 0 Å². The number of rotatable bonds is 5. The van der Waals surface area contributed by atoms with E-state index in [2.05, 4.69) is 5.32 Å². The smallest absolute Gasteiger partial charge is 0.392 e. The van der Waals surface area contributed by atoms with Gasteiger partial charge in [0.25, 0.3) is 11.4 Å². The number of anilines is 1. The van der Waals surface area contributed by atoms with Gasteiger partial charge in [-0.1, -0.05) is 0 Å². The molecule has 0 aliphatic carbocycles. The van der Waals surface area contributed by atoms with Crippen molar-refractivity contribution in [2.75, 3.05) is 11.9 Å². The van der Waals surface area contributed by atoms with E-state index in [1.54, 1.807) is 0 Å². The zero-order chi connectivity index (χ0) is 16.4. The minimum Gasteiger partial charge on any atom is -0.392 e. The van der Waals surface area contributed by atoms with Crippen LogP contribution in [-0.2, 0) is 6.18 Å². The summed E-state index contributed by atoms with van der Waals surface area (Å²) in [5.41, 5.74) is -4.59. The van der Waals surface area contributed by atoms with E-state index in [0.717, 1.165) is 0 Å². The highest BCUT2D eigenvalue weighted by atomic mass is 19.4. The fourth-order valence-corrected chi connectivity index (χ4v) is 1.52. The van der Waals surface area contributed by atoms with Crippen LogP contribution in [0.1, 0.15) is 12.5 Å². The van der Waals surface area contributed by atoms with Gasteiger partial charge in [0.1, 0.15) is 5.69 Å². The van der Waals surface area contributed by atoms with Crippen molar-refractivity contribution in [1.82, 2.24) is 0 Å². The number of nitro groups is 2. The molecule has 0 saturated carbocycles. The van der Waals surface area contributed by atoms with E-state index in [4.69, 9.17) is 5.11 Å². The second-order valence-electron chi connectivity index (χ2n) is 4.13. The van der Waals surface area contributed by atoms with Crippen molar-refractivity contribution >= 4 is 17.1 Å². The first-order valence-corrected chi connectivity index (χ1v) is 5.50. The molecule has 1 atom stereocenters. The van der Waals surface area contributed by atoms with Crippen molar-refractivity contribution < 1.29 is 28.1 Å². The molecule has 1 aromatic carbocycles. The molecule has 8 nitrogen and oxygen atoms in total. The van der Waals surface area contributed by atoms with Crippen molar-refractivity contribution in [3.8, 4) is 0 Å². The van der Waals surface area contributed by atoms with Crippen LogP contribution in [0.4, 0.5) is 30.2 Å². The molecule has 0 bridgehead atoms. The maximum atomic E-state index is 12.9. The maximum absolute atomic E-state index is 12.9. The van der Waals surface area contributed by atoms with Gasteiger partial charge in [0.2, 0.25) is 0 Å². The largest absolute Gasteiger partial charge is 0.418 e. The number of aliphatic hydroxyl groups is 1. The number of nitro benzene ring substituents is 2. The average molecular weight is 309 g/mol. The van der Waals surface area contributed by atoms with E-state index in [9.17, 15) is 33.4 Å². The first-order chi connectivity index (χ1) is 9.54. The van der Waals surface area contributed by atoms with Gasteiger partial charge < -0.3 is 10.4 Å². The fraction of sp³-hybridized carbons (Fsp3) is 0.400. The van der Waals surface area contributed by atoms with Crippen molar-refractivity contribution in [2.45, 2.75) is 19.2 Å². The molecular weight excluding hydrogens is 299 g/mol. The highest BCUT2D eigenvalue weighted by molar-refractivity contribution is 5.71. The van der Waals surface area contributed by atoms with Crippen LogP contribution in [-0.4, -0.2) is 27.6 Å². The SMILES string of the molecule is CC(O)CNc1c([N+](=O)[O-])cc([N+](=O)[O-])cc1C(F)(F)F. The van der Waals surface area contributed by atoms with Crippen LogP contribution in [0.2, 0.25) is 0 Å². The minimum absolute atomic E-state index is 0.206. The van der Waals surface area contributed by atoms with Gasteiger partial charge in [0.15, 0.2) is 0 Å². The summed E-state index contributed by atoms with van der Waals surface area (Å²) in [5, 5.41) is 32.6. The summed E-state index contributed by atoms with van der Waals surface area (Å²) < 4.78 is 38.7. The third-order valence-electron chi connectivity index (χ3n) is 2.39. The Morgan fingerprint density at radius 2 is 1.86 bits per heavy atom. The van der Waals surface area contributed by atoms with Crippen LogP contribution in [0.25, 0.3) is 0 Å². The summed E-state index contributed by atoms with van der Waals surface area (Å²) in [6.07, 6.45) is -6.10. The number of benzene rings is 1. The quantitative estimate of drug-likeness (QED) is 0.636. The highest BCUT2D eigenvalue weighted by Crippen LogP contribution is 2.42. The van der Waals surface area contributed by atoms with Gasteiger partial charge >= 0.3 is 6.18 Å². The van der Waals surface area contributed by atoms with E-state index in [1.807, 2.05) is 0 Å². The molecule has 0 radical (unpaired) electrons. The zero-order valence-electron chi connectivity index (χ0n) is 10.5. The van der Waals surface area contributed by atoms with Crippen LogP contribution in [0, 0.1) is 20.2 Å². The summed E-state index contributed by atoms with van der Waals surface area (Å²) in [5.74, 6) is 0. The van der Waals surface area contributed by atoms with Crippen LogP contribution >= 0.6 is 0 Å². The van der Waals surface area contributed by atoms with Crippen molar-refractivity contribution in [3.63, 3.8) is 0 Å². The molecule has 0 amide bonds. The lowest BCUT2D eigenvalue weighted by Crippen LogP contribution is -2.19. The molecule has 11 heteroatoms. The molecular formula is C10H10F3N3O5. The van der Waals surface area contributed by atoms with Crippen molar-refractivity contribution in [1.29, 1.82) is 0 Å². The van der Waals surface area contributed by atoms with Crippen LogP contribution in [0.3, 0.4) is 0 Å². The molecule has 0 aliphatic rings. The molecule has 0 saturated heterocycles. The van der Waals surface area contributed by atoms with Crippen LogP contribution in [0.5, 0.6) is 0 Å². The second kappa shape index (κ2) is 5.91. The fourth-order valence-electron chi connectivity index (χ4n) is 1.52. The van der Waals surface area contributed by atoms with E-state index in [-0.39, 0.29) is 12.6 Å². The van der Waals surface area contributed by atoms with E-state index in [0.29, 0.717) is 6.07 Å². The van der Waals surface area contributed by atoms with Gasteiger partial charge in [0, 0.05) is 12.6 Å². The third kappa shape index (κ3) is 4.02. The Kier molecular flexibility index (Phi) is 4.68. The number of hydrogen-bond donors (Lipinski definition) is 2. The summed E-state index contributed by atoms with van der Waals surface area (Å²) >= 11 is 0. The predicted octanol–water partition coefficient (Wildman–Crippen LogP) is 2.31. The van der Waals surface area contributed by atoms with Gasteiger partial charge in [-0.2, -0.15) is 13.2 Å². The second-order valence-corrected chi connectivity index (χ2v) is 4.13. The first-order valence-electron chi connectivity index (χ1n) is 5.50. The Morgan fingerprint density at radius 3 is 2.24 bits per heavy atom. The predicted molar refractivity (Wildman–Crippen MR) is 64.9 cm³/mol. The normalized spacial score (nSPS) is 12.8. The molecule has 0 aliphatic heterocycles. The van der Waals surface area contributed by atoms with E-state index in [1.165, 1.54) is 6.92 Å². The first kappa shape index (κ1) is 16.6. The standard InChI is InChI=1S/C10H10F3N3O5/c1-5(17)4-14-9-7(10(11,12)13)2-6(15(18)19)3-8(9)16(20)21/h2-3,5,14,17H,4H2,1H3. The average Bonchev–Trinajstić information content (AvgIpc) is 2.33. The summed E-state index contributed by atoms with van der Waals surface area (Å²) in [6.45, 7) is 0.874. The monoisotopic (exact) mass is 309 g/mol. The number of non-ortho nitro benzene ring substituents is 1. The van der Waals surface area contributed by atoms with Gasteiger partial charge in [-0.3, -0.25) is 20.2 Å². The summed E-state index contributed by atoms with van der Waals surface area (Å²) in [4.78, 5) is 19.1. The lowest BCUT2D eigenvalue weighted by molar-refractivity contribution is -0.394. The lowest BCUT2D eigenvalue weighted by atomic mass is 10.1. The number of nitrogens with zero attached hydrogens (tertiary/aromatic N) is 2. The van der Waals surface area contributed by atoms with E-state index >= 15 is 0 Å². The summed E-state index contributed by atoms with van der Waals surface area (Å²) in [6, 6.07) is 0.636. The molecule has 0 spiro atoms. The number of hydrogen-bond acceptors (Lipinski definition) is 6. The van der Waals surface area contributed by atoms with Crippen molar-refractivity contribution in [2.24, 2.45) is 0 Å². The van der Waals surface area contributed by atoms with Gasteiger partial charge in [0.05, 0.1) is 27.6 Å². The third-order valence-corrected chi connectivity index (χ3v) is 2.39. The topological polar surface area (TPSA) is 119 Å². The van der Waals surface area contributed by atoms with Crippen molar-refractivity contribution in [3.05, 3.63) is 37.9 Å². The summed E-state index contributed by atoms with van der Waals surface area (Å²) in [7, 11) is 0.